The molecule has 0 atom stereocenters. The number of nitrogens with one attached hydrogen (secondary N) is 1. The fourth-order valence-corrected chi connectivity index (χ4v) is 1.26. The van der Waals surface area contributed by atoms with Crippen molar-refractivity contribution < 1.29 is 9.47 Å². The molecule has 2 rings (SSSR count). The van der Waals surface area contributed by atoms with Gasteiger partial charge in [-0.2, -0.15) is 0 Å². The van der Waals surface area contributed by atoms with E-state index in [2.05, 4.69) is 5.32 Å². The van der Waals surface area contributed by atoms with Crippen molar-refractivity contribution in [3.63, 3.8) is 0 Å². The van der Waals surface area contributed by atoms with E-state index in [1.165, 1.54) is 5.56 Å². The highest BCUT2D eigenvalue weighted by atomic mass is 16.7. The summed E-state index contributed by atoms with van der Waals surface area (Å²) in [7, 11) is 1.92. The fraction of sp³-hybridized carbons (Fsp3) is 0.455. The van der Waals surface area contributed by atoms with Gasteiger partial charge in [-0.15, -0.1) is 0 Å². The van der Waals surface area contributed by atoms with Crippen LogP contribution in [0.5, 0.6) is 11.5 Å². The highest BCUT2D eigenvalue weighted by Gasteiger charge is 2.12. The second-order valence-corrected chi connectivity index (χ2v) is 2.72. The zero-order chi connectivity index (χ0) is 10.4. The average Bonchev–Trinajstić information content (AvgIpc) is 2.68. The van der Waals surface area contributed by atoms with Crippen molar-refractivity contribution in [1.82, 2.24) is 5.32 Å². The summed E-state index contributed by atoms with van der Waals surface area (Å²) < 4.78 is 10.4. The number of fused-ring (bicyclic) bond motifs is 1. The molecular weight excluding hydrogens is 178 g/mol. The molecule has 0 aromatic heterocycles. The summed E-state index contributed by atoms with van der Waals surface area (Å²) in [4.78, 5) is 0. The lowest BCUT2D eigenvalue weighted by atomic mass is 10.2. The Labute approximate surface area is 85.0 Å². The molecule has 1 N–H and O–H groups in total. The number of benzene rings is 1. The first-order valence-electron chi connectivity index (χ1n) is 4.93. The molecule has 14 heavy (non-hydrogen) atoms. The van der Waals surface area contributed by atoms with Gasteiger partial charge in [0.25, 0.3) is 0 Å². The Morgan fingerprint density at radius 3 is 2.64 bits per heavy atom. The Bertz CT molecular complexity index is 287. The molecule has 0 spiro atoms. The third-order valence-electron chi connectivity index (χ3n) is 1.82. The van der Waals surface area contributed by atoms with Crippen molar-refractivity contribution in [3.8, 4) is 11.5 Å². The van der Waals surface area contributed by atoms with Gasteiger partial charge in [0.2, 0.25) is 6.79 Å². The summed E-state index contributed by atoms with van der Waals surface area (Å²) in [6.07, 6.45) is 0. The molecule has 0 fully saturated rings. The van der Waals surface area contributed by atoms with Crippen LogP contribution in [-0.2, 0) is 6.54 Å². The van der Waals surface area contributed by atoms with E-state index in [0.717, 1.165) is 18.0 Å². The van der Waals surface area contributed by atoms with Crippen LogP contribution in [0.4, 0.5) is 0 Å². The van der Waals surface area contributed by atoms with Gasteiger partial charge in [-0.1, -0.05) is 19.9 Å². The van der Waals surface area contributed by atoms with Gasteiger partial charge in [-0.3, -0.25) is 0 Å². The van der Waals surface area contributed by atoms with E-state index < -0.39 is 0 Å². The summed E-state index contributed by atoms with van der Waals surface area (Å²) >= 11 is 0. The normalized spacial score (nSPS) is 11.9. The smallest absolute Gasteiger partial charge is 0.231 e. The molecule has 3 heteroatoms. The summed E-state index contributed by atoms with van der Waals surface area (Å²) in [5, 5.41) is 3.08. The van der Waals surface area contributed by atoms with Crippen LogP contribution < -0.4 is 14.8 Å². The van der Waals surface area contributed by atoms with E-state index in [9.17, 15) is 0 Å². The molecule has 1 aliphatic heterocycles. The van der Waals surface area contributed by atoms with E-state index in [1.54, 1.807) is 0 Å². The van der Waals surface area contributed by atoms with Crippen LogP contribution in [0.15, 0.2) is 18.2 Å². The first-order valence-corrected chi connectivity index (χ1v) is 4.93. The Morgan fingerprint density at radius 2 is 1.93 bits per heavy atom. The minimum Gasteiger partial charge on any atom is -0.454 e. The van der Waals surface area contributed by atoms with Gasteiger partial charge >= 0.3 is 0 Å². The molecule has 0 bridgehead atoms. The van der Waals surface area contributed by atoms with Crippen LogP contribution >= 0.6 is 0 Å². The van der Waals surface area contributed by atoms with Crippen molar-refractivity contribution in [3.05, 3.63) is 23.8 Å². The second-order valence-electron chi connectivity index (χ2n) is 2.72. The Hall–Kier alpha value is -1.22. The average molecular weight is 195 g/mol. The Kier molecular flexibility index (Phi) is 4.26. The highest BCUT2D eigenvalue weighted by Crippen LogP contribution is 2.32. The van der Waals surface area contributed by atoms with E-state index in [4.69, 9.17) is 9.47 Å². The van der Waals surface area contributed by atoms with Crippen LogP contribution in [0.3, 0.4) is 0 Å². The van der Waals surface area contributed by atoms with Crippen LogP contribution in [0, 0.1) is 0 Å². The standard InChI is InChI=1S/C9H11NO2.C2H6/c1-10-5-7-2-3-8-9(4-7)12-6-11-8;1-2/h2-4,10H,5-6H2,1H3;1-2H3. The lowest BCUT2D eigenvalue weighted by molar-refractivity contribution is 0.174. The molecule has 1 aliphatic rings. The SMILES string of the molecule is CC.CNCc1ccc2c(c1)OCO2. The van der Waals surface area contributed by atoms with Crippen LogP contribution in [0.1, 0.15) is 19.4 Å². The molecule has 0 radical (unpaired) electrons. The van der Waals surface area contributed by atoms with Gasteiger partial charge in [0.15, 0.2) is 11.5 Å². The third kappa shape index (κ3) is 2.39. The van der Waals surface area contributed by atoms with Crippen LogP contribution in [0.25, 0.3) is 0 Å². The zero-order valence-corrected chi connectivity index (χ0v) is 8.96. The van der Waals surface area contributed by atoms with Crippen molar-refractivity contribution in [2.24, 2.45) is 0 Å². The van der Waals surface area contributed by atoms with Gasteiger partial charge in [0.1, 0.15) is 0 Å². The second kappa shape index (κ2) is 5.50. The van der Waals surface area contributed by atoms with E-state index in [-0.39, 0.29) is 0 Å². The molecular formula is C11H17NO2. The number of rotatable bonds is 2. The van der Waals surface area contributed by atoms with Gasteiger partial charge in [-0.25, -0.2) is 0 Å². The lowest BCUT2D eigenvalue weighted by Crippen LogP contribution is -2.04. The van der Waals surface area contributed by atoms with Crippen molar-refractivity contribution in [1.29, 1.82) is 0 Å². The maximum atomic E-state index is 5.24. The first-order chi connectivity index (χ1) is 6.90. The van der Waals surface area contributed by atoms with Gasteiger partial charge in [-0.05, 0) is 24.7 Å². The largest absolute Gasteiger partial charge is 0.454 e. The highest BCUT2D eigenvalue weighted by molar-refractivity contribution is 5.44. The minimum atomic E-state index is 0.346. The Morgan fingerprint density at radius 1 is 1.21 bits per heavy atom. The van der Waals surface area contributed by atoms with Gasteiger partial charge < -0.3 is 14.8 Å². The van der Waals surface area contributed by atoms with Gasteiger partial charge in [0.05, 0.1) is 0 Å². The van der Waals surface area contributed by atoms with Crippen molar-refractivity contribution in [2.45, 2.75) is 20.4 Å². The van der Waals surface area contributed by atoms with Crippen LogP contribution in [0.2, 0.25) is 0 Å². The molecule has 0 saturated carbocycles. The minimum absolute atomic E-state index is 0.346. The number of hydrogen-bond acceptors (Lipinski definition) is 3. The topological polar surface area (TPSA) is 30.5 Å². The maximum Gasteiger partial charge on any atom is 0.231 e. The third-order valence-corrected chi connectivity index (χ3v) is 1.82. The predicted octanol–water partition coefficient (Wildman–Crippen LogP) is 2.16. The van der Waals surface area contributed by atoms with Gasteiger partial charge in [0, 0.05) is 6.54 Å². The number of ether oxygens (including phenoxy) is 2. The zero-order valence-electron chi connectivity index (χ0n) is 8.96. The molecule has 1 heterocycles. The Balaban J connectivity index is 0.000000461. The molecule has 0 aliphatic carbocycles. The molecule has 78 valence electrons. The quantitative estimate of drug-likeness (QED) is 0.784. The summed E-state index contributed by atoms with van der Waals surface area (Å²) in [5.41, 5.74) is 1.21. The molecule has 1 aromatic rings. The maximum absolute atomic E-state index is 5.24. The number of hydrogen-bond donors (Lipinski definition) is 1. The predicted molar refractivity (Wildman–Crippen MR) is 56.7 cm³/mol. The van der Waals surface area contributed by atoms with Crippen LogP contribution in [-0.4, -0.2) is 13.8 Å². The van der Waals surface area contributed by atoms with E-state index in [0.29, 0.717) is 6.79 Å². The lowest BCUT2D eigenvalue weighted by Gasteiger charge is -2.00. The van der Waals surface area contributed by atoms with E-state index in [1.807, 2.05) is 39.1 Å². The van der Waals surface area contributed by atoms with Crippen molar-refractivity contribution >= 4 is 0 Å². The van der Waals surface area contributed by atoms with Crippen molar-refractivity contribution in [2.75, 3.05) is 13.8 Å². The molecule has 1 aromatic carbocycles. The summed E-state index contributed by atoms with van der Waals surface area (Å²) in [6.45, 7) is 5.20. The monoisotopic (exact) mass is 195 g/mol. The first kappa shape index (κ1) is 10.9. The summed E-state index contributed by atoms with van der Waals surface area (Å²) in [5.74, 6) is 1.69. The molecule has 0 amide bonds. The molecule has 3 nitrogen and oxygen atoms in total. The summed E-state index contributed by atoms with van der Waals surface area (Å²) in [6, 6.07) is 5.97. The fourth-order valence-electron chi connectivity index (χ4n) is 1.26. The molecule has 0 unspecified atom stereocenters. The molecule has 0 saturated heterocycles. The van der Waals surface area contributed by atoms with E-state index >= 15 is 0 Å².